The molecule has 3 rings (SSSR count). The van der Waals surface area contributed by atoms with Crippen LogP contribution in [-0.4, -0.2) is 23.6 Å². The van der Waals surface area contributed by atoms with Crippen molar-refractivity contribution in [3.63, 3.8) is 0 Å². The molecule has 0 radical (unpaired) electrons. The van der Waals surface area contributed by atoms with Gasteiger partial charge in [-0.3, -0.25) is 14.6 Å². The molecule has 0 fully saturated rings. The van der Waals surface area contributed by atoms with Crippen molar-refractivity contribution in [2.24, 2.45) is 10.7 Å². The fraction of sp³-hybridized carbons (Fsp3) is 0. The molecule has 3 aromatic carbocycles. The van der Waals surface area contributed by atoms with Crippen LogP contribution < -0.4 is 11.1 Å². The van der Waals surface area contributed by atoms with Crippen LogP contribution in [-0.2, 0) is 0 Å². The quantitative estimate of drug-likeness (QED) is 0.638. The summed E-state index contributed by atoms with van der Waals surface area (Å²) in [5, 5.41) is 14.4. The number of carbonyl (C=O) groups is 2. The minimum Gasteiger partial charge on any atom is -0.505 e. The summed E-state index contributed by atoms with van der Waals surface area (Å²) < 4.78 is 0. The summed E-state index contributed by atoms with van der Waals surface area (Å²) in [6.07, 6.45) is 0. The predicted molar refractivity (Wildman–Crippen MR) is 97.7 cm³/mol. The summed E-state index contributed by atoms with van der Waals surface area (Å²) in [6.45, 7) is 3.46. The maximum atomic E-state index is 12.6. The highest BCUT2D eigenvalue weighted by Crippen LogP contribution is 2.38. The van der Waals surface area contributed by atoms with Crippen LogP contribution in [0, 0.1) is 0 Å². The summed E-state index contributed by atoms with van der Waals surface area (Å²) in [6, 6.07) is 15.1. The van der Waals surface area contributed by atoms with E-state index >= 15 is 0 Å². The first-order valence-electron chi connectivity index (χ1n) is 7.44. The van der Waals surface area contributed by atoms with Crippen molar-refractivity contribution in [2.75, 3.05) is 5.32 Å². The van der Waals surface area contributed by atoms with Gasteiger partial charge in [-0.15, -0.1) is 0 Å². The number of aromatic hydroxyl groups is 1. The van der Waals surface area contributed by atoms with Crippen LogP contribution in [0.4, 0.5) is 11.4 Å². The second-order valence-electron chi connectivity index (χ2n) is 5.36. The molecule has 0 saturated heterocycles. The summed E-state index contributed by atoms with van der Waals surface area (Å²) in [4.78, 5) is 28.0. The molecular weight excluding hydrogens is 318 g/mol. The Hall–Kier alpha value is -3.67. The van der Waals surface area contributed by atoms with E-state index in [9.17, 15) is 14.7 Å². The number of nitrogens with zero attached hydrogens (tertiary/aromatic N) is 1. The first-order valence-corrected chi connectivity index (χ1v) is 7.44. The molecule has 0 aliphatic carbocycles. The molecule has 0 atom stereocenters. The Morgan fingerprint density at radius 3 is 2.44 bits per heavy atom. The van der Waals surface area contributed by atoms with E-state index in [1.807, 2.05) is 6.07 Å². The molecule has 0 saturated carbocycles. The minimum atomic E-state index is -0.660. The van der Waals surface area contributed by atoms with Gasteiger partial charge >= 0.3 is 0 Å². The van der Waals surface area contributed by atoms with Crippen molar-refractivity contribution >= 4 is 40.7 Å². The number of para-hydroxylation sites is 1. The predicted octanol–water partition coefficient (Wildman–Crippen LogP) is 3.23. The van der Waals surface area contributed by atoms with E-state index < -0.39 is 11.8 Å². The molecule has 0 aliphatic rings. The van der Waals surface area contributed by atoms with Crippen molar-refractivity contribution in [1.29, 1.82) is 0 Å². The average Bonchev–Trinajstić information content (AvgIpc) is 2.61. The summed E-state index contributed by atoms with van der Waals surface area (Å²) >= 11 is 0. The van der Waals surface area contributed by atoms with Crippen molar-refractivity contribution in [1.82, 2.24) is 0 Å². The summed E-state index contributed by atoms with van der Waals surface area (Å²) in [5.74, 6) is -1.52. The molecule has 25 heavy (non-hydrogen) atoms. The Labute approximate surface area is 143 Å². The highest BCUT2D eigenvalue weighted by atomic mass is 16.3. The SMILES string of the molecule is C=Nc1c(O)c(C(=O)Nc2ccccc2C(N)=O)cc2ccccc12. The van der Waals surface area contributed by atoms with Gasteiger partial charge in [0.1, 0.15) is 5.69 Å². The average molecular weight is 333 g/mol. The van der Waals surface area contributed by atoms with Gasteiger partial charge in [-0.25, -0.2) is 0 Å². The van der Waals surface area contributed by atoms with E-state index in [0.29, 0.717) is 5.39 Å². The standard InChI is InChI=1S/C19H15N3O3/c1-21-16-12-7-3-2-6-11(12)10-14(17(16)23)19(25)22-15-9-5-4-8-13(15)18(20)24/h2-10,23H,1H2,(H2,20,24)(H,22,25). The van der Waals surface area contributed by atoms with E-state index in [0.717, 1.165) is 5.39 Å². The van der Waals surface area contributed by atoms with Crippen molar-refractivity contribution in [3.8, 4) is 5.75 Å². The van der Waals surface area contributed by atoms with Gasteiger partial charge in [0, 0.05) is 5.39 Å². The number of phenolic OH excluding ortho intramolecular Hbond substituents is 1. The molecule has 3 aromatic rings. The zero-order valence-corrected chi connectivity index (χ0v) is 13.2. The van der Waals surface area contributed by atoms with Gasteiger partial charge in [0.15, 0.2) is 5.75 Å². The van der Waals surface area contributed by atoms with Crippen LogP contribution in [0.25, 0.3) is 10.8 Å². The van der Waals surface area contributed by atoms with Crippen LogP contribution in [0.3, 0.4) is 0 Å². The molecular formula is C19H15N3O3. The summed E-state index contributed by atoms with van der Waals surface area (Å²) in [5.41, 5.74) is 6.02. The number of hydrogen-bond acceptors (Lipinski definition) is 4. The monoisotopic (exact) mass is 333 g/mol. The molecule has 6 heteroatoms. The Morgan fingerprint density at radius 1 is 1.04 bits per heavy atom. The maximum Gasteiger partial charge on any atom is 0.259 e. The van der Waals surface area contributed by atoms with Crippen LogP contribution in [0.15, 0.2) is 59.6 Å². The van der Waals surface area contributed by atoms with Gasteiger partial charge in [-0.2, -0.15) is 0 Å². The number of fused-ring (bicyclic) bond motifs is 1. The normalized spacial score (nSPS) is 10.4. The number of nitrogens with one attached hydrogen (secondary N) is 1. The molecule has 0 aliphatic heterocycles. The highest BCUT2D eigenvalue weighted by molar-refractivity contribution is 6.13. The number of hydrogen-bond donors (Lipinski definition) is 3. The summed E-state index contributed by atoms with van der Waals surface area (Å²) in [7, 11) is 0. The second-order valence-corrected chi connectivity index (χ2v) is 5.36. The molecule has 0 unspecified atom stereocenters. The van der Waals surface area contributed by atoms with E-state index in [2.05, 4.69) is 17.0 Å². The van der Waals surface area contributed by atoms with Crippen molar-refractivity contribution in [2.45, 2.75) is 0 Å². The zero-order valence-electron chi connectivity index (χ0n) is 13.2. The lowest BCUT2D eigenvalue weighted by Crippen LogP contribution is -2.18. The third kappa shape index (κ3) is 2.92. The third-order valence-corrected chi connectivity index (χ3v) is 3.84. The van der Waals surface area contributed by atoms with Gasteiger partial charge in [0.25, 0.3) is 11.8 Å². The van der Waals surface area contributed by atoms with Gasteiger partial charge in [0.2, 0.25) is 0 Å². The van der Waals surface area contributed by atoms with Crippen LogP contribution in [0.5, 0.6) is 5.75 Å². The fourth-order valence-electron chi connectivity index (χ4n) is 2.65. The largest absolute Gasteiger partial charge is 0.505 e. The lowest BCUT2D eigenvalue weighted by molar-refractivity contribution is 0.100. The number of rotatable bonds is 4. The van der Waals surface area contributed by atoms with E-state index in [1.165, 1.54) is 6.07 Å². The maximum absolute atomic E-state index is 12.6. The highest BCUT2D eigenvalue weighted by Gasteiger charge is 2.19. The van der Waals surface area contributed by atoms with Crippen LogP contribution >= 0.6 is 0 Å². The van der Waals surface area contributed by atoms with Crippen LogP contribution in [0.2, 0.25) is 0 Å². The number of phenols is 1. The smallest absolute Gasteiger partial charge is 0.259 e. The number of benzene rings is 3. The number of primary amides is 1. The lowest BCUT2D eigenvalue weighted by Gasteiger charge is -2.12. The van der Waals surface area contributed by atoms with Gasteiger partial charge in [0.05, 0.1) is 16.8 Å². The van der Waals surface area contributed by atoms with Gasteiger partial charge < -0.3 is 16.2 Å². The van der Waals surface area contributed by atoms with Crippen LogP contribution in [0.1, 0.15) is 20.7 Å². The number of carbonyl (C=O) groups excluding carboxylic acids is 2. The number of amides is 2. The number of nitrogens with two attached hydrogens (primary N) is 1. The fourth-order valence-corrected chi connectivity index (χ4v) is 2.65. The molecule has 0 heterocycles. The topological polar surface area (TPSA) is 105 Å². The molecule has 0 aromatic heterocycles. The molecule has 2 amide bonds. The molecule has 0 spiro atoms. The first-order chi connectivity index (χ1) is 12.0. The molecule has 6 nitrogen and oxygen atoms in total. The number of aliphatic imine (C=N–C) groups is 1. The Kier molecular flexibility index (Phi) is 4.18. The molecule has 4 N–H and O–H groups in total. The molecule has 124 valence electrons. The second kappa shape index (κ2) is 6.45. The number of anilines is 1. The lowest BCUT2D eigenvalue weighted by atomic mass is 10.0. The Bertz CT molecular complexity index is 1010. The zero-order chi connectivity index (χ0) is 18.0. The minimum absolute atomic E-state index is 0.0281. The van der Waals surface area contributed by atoms with Gasteiger partial charge in [-0.1, -0.05) is 36.4 Å². The van der Waals surface area contributed by atoms with Gasteiger partial charge in [-0.05, 0) is 30.3 Å². The Balaban J connectivity index is 2.08. The first kappa shape index (κ1) is 16.2. The molecule has 0 bridgehead atoms. The van der Waals surface area contributed by atoms with E-state index in [1.54, 1.807) is 42.5 Å². The third-order valence-electron chi connectivity index (χ3n) is 3.84. The van der Waals surface area contributed by atoms with Crippen molar-refractivity contribution in [3.05, 3.63) is 65.7 Å². The Morgan fingerprint density at radius 2 is 1.72 bits per heavy atom. The van der Waals surface area contributed by atoms with Crippen molar-refractivity contribution < 1.29 is 14.7 Å². The van der Waals surface area contributed by atoms with E-state index in [-0.39, 0.29) is 28.3 Å². The van der Waals surface area contributed by atoms with E-state index in [4.69, 9.17) is 5.73 Å².